The van der Waals surface area contributed by atoms with E-state index in [9.17, 15) is 4.39 Å². The first-order valence-electron chi connectivity index (χ1n) is 10.4. The lowest BCUT2D eigenvalue weighted by Gasteiger charge is -2.35. The zero-order valence-electron chi connectivity index (χ0n) is 18.0. The van der Waals surface area contributed by atoms with Crippen LogP contribution < -0.4 is 16.4 Å². The highest BCUT2D eigenvalue weighted by molar-refractivity contribution is 6.31. The van der Waals surface area contributed by atoms with Gasteiger partial charge in [-0.25, -0.2) is 14.4 Å². The molecule has 8 heteroatoms. The molecule has 3 aromatic rings. The van der Waals surface area contributed by atoms with Gasteiger partial charge in [0.25, 0.3) is 0 Å². The molecule has 4 rings (SSSR count). The van der Waals surface area contributed by atoms with Crippen LogP contribution in [0.15, 0.2) is 77.4 Å². The van der Waals surface area contributed by atoms with E-state index in [1.807, 2.05) is 46.0 Å². The molecular formula is C24H26ClFN6. The topological polar surface area (TPSA) is 85.5 Å². The molecule has 0 spiro atoms. The van der Waals surface area contributed by atoms with Crippen molar-refractivity contribution in [3.8, 4) is 0 Å². The van der Waals surface area contributed by atoms with E-state index in [2.05, 4.69) is 9.98 Å². The Hall–Kier alpha value is -3.16. The Bertz CT molecular complexity index is 1150. The molecule has 32 heavy (non-hydrogen) atoms. The summed E-state index contributed by atoms with van der Waals surface area (Å²) < 4.78 is 16.9. The summed E-state index contributed by atoms with van der Waals surface area (Å²) in [5.74, 6) is -0.0930. The molecule has 2 heterocycles. The molecule has 0 fully saturated rings. The van der Waals surface area contributed by atoms with Crippen molar-refractivity contribution >= 4 is 23.2 Å². The highest BCUT2D eigenvalue weighted by Crippen LogP contribution is 2.38. The predicted molar refractivity (Wildman–Crippen MR) is 127 cm³/mol. The monoisotopic (exact) mass is 452 g/mol. The molecule has 0 bridgehead atoms. The average molecular weight is 453 g/mol. The molecule has 166 valence electrons. The van der Waals surface area contributed by atoms with E-state index in [0.29, 0.717) is 16.2 Å². The smallest absolute Gasteiger partial charge is 0.201 e. The number of rotatable bonds is 6. The maximum absolute atomic E-state index is 14.9. The fraction of sp³-hybridized carbons (Fsp3) is 0.250. The third-order valence-corrected chi connectivity index (χ3v) is 5.83. The molecule has 0 aliphatic carbocycles. The minimum Gasteiger partial charge on any atom is -0.369 e. The summed E-state index contributed by atoms with van der Waals surface area (Å²) in [6.45, 7) is 4.38. The number of aryl methyl sites for hydroxylation is 2. The fourth-order valence-electron chi connectivity index (χ4n) is 3.83. The van der Waals surface area contributed by atoms with E-state index in [1.54, 1.807) is 32.4 Å². The van der Waals surface area contributed by atoms with Crippen LogP contribution in [0.1, 0.15) is 36.6 Å². The first kappa shape index (κ1) is 22.0. The zero-order valence-corrected chi connectivity index (χ0v) is 18.8. The van der Waals surface area contributed by atoms with Crippen LogP contribution in [0.4, 0.5) is 10.1 Å². The van der Waals surface area contributed by atoms with Gasteiger partial charge in [-0.05, 0) is 49.6 Å². The first-order chi connectivity index (χ1) is 15.2. The summed E-state index contributed by atoms with van der Waals surface area (Å²) >= 11 is 6.55. The van der Waals surface area contributed by atoms with Crippen molar-refractivity contribution in [2.45, 2.75) is 38.4 Å². The van der Waals surface area contributed by atoms with E-state index in [1.165, 1.54) is 17.8 Å². The number of halogens is 2. The number of benzene rings is 2. The molecule has 4 N–H and O–H groups in total. The molecule has 0 amide bonds. The van der Waals surface area contributed by atoms with Crippen molar-refractivity contribution in [1.82, 2.24) is 9.55 Å². The summed E-state index contributed by atoms with van der Waals surface area (Å²) in [5, 5.41) is 0.447. The number of hydrogen-bond acceptors (Lipinski definition) is 5. The third-order valence-electron chi connectivity index (χ3n) is 5.52. The van der Waals surface area contributed by atoms with Gasteiger partial charge in [-0.2, -0.15) is 0 Å². The maximum Gasteiger partial charge on any atom is 0.201 e. The number of guanidine groups is 1. The molecule has 1 aromatic heterocycles. The van der Waals surface area contributed by atoms with Gasteiger partial charge in [0.15, 0.2) is 0 Å². The molecule has 2 aromatic carbocycles. The molecule has 1 unspecified atom stereocenters. The van der Waals surface area contributed by atoms with E-state index in [-0.39, 0.29) is 11.8 Å². The molecular weight excluding hydrogens is 427 g/mol. The summed E-state index contributed by atoms with van der Waals surface area (Å²) in [4.78, 5) is 10.1. The molecule has 0 saturated heterocycles. The Morgan fingerprint density at radius 2 is 1.91 bits per heavy atom. The SMILES string of the molecule is CC(C)(N)c1ccc(C2C(Cl)=CN=C(N)N2c2ccc(CCn3ccnc3)cc2)cc1F. The standard InChI is InChI=1S/C24H26ClFN6/c1-24(2,28)19-8-5-17(13-21(19)26)22-20(25)14-30-23(27)32(22)18-6-3-16(4-7-18)9-11-31-12-10-29-15-31/h3-8,10,12-15,22H,9,11,28H2,1-2H3,(H2,27,30). The lowest BCUT2D eigenvalue weighted by atomic mass is 9.92. The molecule has 0 radical (unpaired) electrons. The highest BCUT2D eigenvalue weighted by Gasteiger charge is 2.31. The maximum atomic E-state index is 14.9. The van der Waals surface area contributed by atoms with Crippen molar-refractivity contribution in [3.63, 3.8) is 0 Å². The van der Waals surface area contributed by atoms with Gasteiger partial charge in [0.05, 0.1) is 17.4 Å². The summed E-state index contributed by atoms with van der Waals surface area (Å²) in [5.41, 5.74) is 14.6. The van der Waals surface area contributed by atoms with E-state index < -0.39 is 11.6 Å². The zero-order chi connectivity index (χ0) is 22.9. The van der Waals surface area contributed by atoms with Crippen LogP contribution in [-0.4, -0.2) is 15.5 Å². The van der Waals surface area contributed by atoms with E-state index in [4.69, 9.17) is 23.1 Å². The fourth-order valence-corrected chi connectivity index (χ4v) is 4.10. The minimum atomic E-state index is -0.790. The van der Waals surface area contributed by atoms with Crippen LogP contribution in [0.5, 0.6) is 0 Å². The predicted octanol–water partition coefficient (Wildman–Crippen LogP) is 4.41. The number of imidazole rings is 1. The number of nitrogens with zero attached hydrogens (tertiary/aromatic N) is 4. The number of hydrogen-bond donors (Lipinski definition) is 2. The summed E-state index contributed by atoms with van der Waals surface area (Å²) in [6.07, 6.45) is 7.88. The van der Waals surface area contributed by atoms with Crippen molar-refractivity contribution in [2.24, 2.45) is 16.5 Å². The number of aliphatic imine (C=N–C) groups is 1. The van der Waals surface area contributed by atoms with Gasteiger partial charge in [0.2, 0.25) is 5.96 Å². The number of nitrogens with two attached hydrogens (primary N) is 2. The highest BCUT2D eigenvalue weighted by atomic mass is 35.5. The van der Waals surface area contributed by atoms with Crippen LogP contribution in [0.3, 0.4) is 0 Å². The molecule has 1 atom stereocenters. The second kappa shape index (κ2) is 8.76. The van der Waals surface area contributed by atoms with Gasteiger partial charge in [-0.3, -0.25) is 0 Å². The summed E-state index contributed by atoms with van der Waals surface area (Å²) in [7, 11) is 0. The van der Waals surface area contributed by atoms with Crippen LogP contribution in [-0.2, 0) is 18.5 Å². The summed E-state index contributed by atoms with van der Waals surface area (Å²) in [6, 6.07) is 12.6. The van der Waals surface area contributed by atoms with Gasteiger partial charge in [-0.15, -0.1) is 0 Å². The lowest BCUT2D eigenvalue weighted by Crippen LogP contribution is -2.42. The second-order valence-corrected chi connectivity index (χ2v) is 8.89. The Labute approximate surface area is 192 Å². The quantitative estimate of drug-likeness (QED) is 0.580. The van der Waals surface area contributed by atoms with Gasteiger partial charge in [0, 0.05) is 41.9 Å². The second-order valence-electron chi connectivity index (χ2n) is 8.45. The largest absolute Gasteiger partial charge is 0.369 e. The Kier molecular flexibility index (Phi) is 6.04. The van der Waals surface area contributed by atoms with Crippen LogP contribution in [0.25, 0.3) is 0 Å². The Morgan fingerprint density at radius 3 is 2.53 bits per heavy atom. The van der Waals surface area contributed by atoms with Crippen molar-refractivity contribution in [1.29, 1.82) is 0 Å². The van der Waals surface area contributed by atoms with Gasteiger partial charge in [0.1, 0.15) is 5.82 Å². The Balaban J connectivity index is 1.62. The van der Waals surface area contributed by atoms with Crippen molar-refractivity contribution in [2.75, 3.05) is 4.90 Å². The van der Waals surface area contributed by atoms with Crippen LogP contribution >= 0.6 is 11.6 Å². The first-order valence-corrected chi connectivity index (χ1v) is 10.7. The molecule has 6 nitrogen and oxygen atoms in total. The van der Waals surface area contributed by atoms with Crippen molar-refractivity contribution < 1.29 is 4.39 Å². The molecule has 1 aliphatic heterocycles. The lowest BCUT2D eigenvalue weighted by molar-refractivity contribution is 0.500. The average Bonchev–Trinajstić information content (AvgIpc) is 3.27. The van der Waals surface area contributed by atoms with Crippen LogP contribution in [0.2, 0.25) is 0 Å². The van der Waals surface area contributed by atoms with Gasteiger partial charge in [-0.1, -0.05) is 35.9 Å². The Morgan fingerprint density at radius 1 is 1.16 bits per heavy atom. The molecule has 1 aliphatic rings. The van der Waals surface area contributed by atoms with Gasteiger partial charge >= 0.3 is 0 Å². The minimum absolute atomic E-state index is 0.286. The normalized spacial score (nSPS) is 16.7. The number of anilines is 1. The molecule has 0 saturated carbocycles. The van der Waals surface area contributed by atoms with E-state index >= 15 is 0 Å². The van der Waals surface area contributed by atoms with E-state index in [0.717, 1.165) is 18.7 Å². The van der Waals surface area contributed by atoms with Crippen molar-refractivity contribution in [3.05, 3.63) is 94.9 Å². The number of aromatic nitrogens is 2. The van der Waals surface area contributed by atoms with Gasteiger partial charge < -0.3 is 20.9 Å². The third kappa shape index (κ3) is 4.54. The van der Waals surface area contributed by atoms with Crippen LogP contribution in [0, 0.1) is 5.82 Å².